The van der Waals surface area contributed by atoms with Crippen LogP contribution >= 0.6 is 11.6 Å². The van der Waals surface area contributed by atoms with Crippen LogP contribution < -0.4 is 9.46 Å². The first-order valence-electron chi connectivity index (χ1n) is 6.29. The normalized spacial score (nSPS) is 13.9. The van der Waals surface area contributed by atoms with Gasteiger partial charge in [-0.1, -0.05) is 16.8 Å². The molecule has 2 aromatic rings. The Hall–Kier alpha value is -1.73. The van der Waals surface area contributed by atoms with Crippen LogP contribution in [0.3, 0.4) is 0 Å². The molecule has 1 aromatic carbocycles. The molecule has 1 aromatic heterocycles. The number of nitrogens with one attached hydrogen (secondary N) is 1. The van der Waals surface area contributed by atoms with Crippen LogP contribution in [0.5, 0.6) is 5.75 Å². The summed E-state index contributed by atoms with van der Waals surface area (Å²) in [5.41, 5.74) is 2.05. The molecular weight excluding hydrogens is 316 g/mol. The highest BCUT2D eigenvalue weighted by Crippen LogP contribution is 2.36. The molecule has 0 bridgehead atoms. The molecule has 0 amide bonds. The SMILES string of the molecule is Cc1noc(NS(=O)(=O)c2cc(Cl)cc3c2OCC3)c1C. The van der Waals surface area contributed by atoms with E-state index >= 15 is 0 Å². The number of benzene rings is 1. The van der Waals surface area contributed by atoms with Gasteiger partial charge in [0.25, 0.3) is 10.0 Å². The molecule has 2 heterocycles. The smallest absolute Gasteiger partial charge is 0.268 e. The number of ether oxygens (including phenoxy) is 1. The van der Waals surface area contributed by atoms with Crippen LogP contribution in [0.2, 0.25) is 5.02 Å². The fraction of sp³-hybridized carbons (Fsp3) is 0.308. The lowest BCUT2D eigenvalue weighted by Crippen LogP contribution is -2.14. The fourth-order valence-electron chi connectivity index (χ4n) is 2.12. The highest BCUT2D eigenvalue weighted by Gasteiger charge is 2.28. The number of fused-ring (bicyclic) bond motifs is 1. The first-order chi connectivity index (χ1) is 9.88. The van der Waals surface area contributed by atoms with Gasteiger partial charge in [-0.05, 0) is 26.0 Å². The summed E-state index contributed by atoms with van der Waals surface area (Å²) in [6.07, 6.45) is 0.638. The van der Waals surface area contributed by atoms with E-state index in [0.717, 1.165) is 5.56 Å². The zero-order valence-electron chi connectivity index (χ0n) is 11.4. The number of nitrogens with zero attached hydrogens (tertiary/aromatic N) is 1. The van der Waals surface area contributed by atoms with Crippen molar-refractivity contribution in [3.8, 4) is 5.75 Å². The highest BCUT2D eigenvalue weighted by atomic mass is 35.5. The van der Waals surface area contributed by atoms with E-state index in [0.29, 0.717) is 35.1 Å². The summed E-state index contributed by atoms with van der Waals surface area (Å²) >= 11 is 5.99. The molecule has 0 aliphatic carbocycles. The predicted molar refractivity (Wildman–Crippen MR) is 77.4 cm³/mol. The molecule has 0 unspecified atom stereocenters. The molecular formula is C13H13ClN2O4S. The molecule has 0 radical (unpaired) electrons. The zero-order valence-corrected chi connectivity index (χ0v) is 13.0. The molecule has 0 saturated carbocycles. The Morgan fingerprint density at radius 3 is 2.76 bits per heavy atom. The number of rotatable bonds is 3. The minimum Gasteiger partial charge on any atom is -0.492 e. The third-order valence-electron chi connectivity index (χ3n) is 3.39. The van der Waals surface area contributed by atoms with Crippen molar-refractivity contribution >= 4 is 27.5 Å². The van der Waals surface area contributed by atoms with Crippen LogP contribution in [0.15, 0.2) is 21.6 Å². The molecule has 21 heavy (non-hydrogen) atoms. The fourth-order valence-corrected chi connectivity index (χ4v) is 3.69. The number of hydrogen-bond donors (Lipinski definition) is 1. The van der Waals surface area contributed by atoms with Gasteiger partial charge < -0.3 is 9.26 Å². The monoisotopic (exact) mass is 328 g/mol. The van der Waals surface area contributed by atoms with Gasteiger partial charge in [0.15, 0.2) is 0 Å². The van der Waals surface area contributed by atoms with Crippen molar-refractivity contribution in [2.24, 2.45) is 0 Å². The van der Waals surface area contributed by atoms with Crippen molar-refractivity contribution in [2.75, 3.05) is 11.3 Å². The van der Waals surface area contributed by atoms with Gasteiger partial charge in [0.1, 0.15) is 10.6 Å². The summed E-state index contributed by atoms with van der Waals surface area (Å²) in [5.74, 6) is 0.444. The van der Waals surface area contributed by atoms with Crippen molar-refractivity contribution in [3.63, 3.8) is 0 Å². The average molecular weight is 329 g/mol. The van der Waals surface area contributed by atoms with Crippen molar-refractivity contribution in [1.29, 1.82) is 0 Å². The Balaban J connectivity index is 2.05. The molecule has 0 saturated heterocycles. The molecule has 1 aliphatic rings. The lowest BCUT2D eigenvalue weighted by atomic mass is 10.2. The maximum absolute atomic E-state index is 12.5. The van der Waals surface area contributed by atoms with Gasteiger partial charge in [0.05, 0.1) is 12.3 Å². The summed E-state index contributed by atoms with van der Waals surface area (Å²) in [7, 11) is -3.86. The Kier molecular flexibility index (Phi) is 3.33. The van der Waals surface area contributed by atoms with Crippen LogP contribution in [0.4, 0.5) is 5.88 Å². The molecule has 112 valence electrons. The van der Waals surface area contributed by atoms with Gasteiger partial charge in [0.2, 0.25) is 5.88 Å². The number of halogens is 1. The average Bonchev–Trinajstić information content (AvgIpc) is 2.99. The van der Waals surface area contributed by atoms with E-state index in [2.05, 4.69) is 9.88 Å². The maximum atomic E-state index is 12.5. The largest absolute Gasteiger partial charge is 0.492 e. The Labute approximate surface area is 127 Å². The lowest BCUT2D eigenvalue weighted by molar-refractivity contribution is 0.348. The summed E-state index contributed by atoms with van der Waals surface area (Å²) in [5, 5.41) is 4.08. The third-order valence-corrected chi connectivity index (χ3v) is 4.94. The third kappa shape index (κ3) is 2.47. The first kappa shape index (κ1) is 14.2. The topological polar surface area (TPSA) is 81.4 Å². The molecule has 6 nitrogen and oxygen atoms in total. The van der Waals surface area contributed by atoms with Gasteiger partial charge in [-0.3, -0.25) is 0 Å². The number of anilines is 1. The van der Waals surface area contributed by atoms with E-state index in [1.165, 1.54) is 6.07 Å². The van der Waals surface area contributed by atoms with Crippen LogP contribution in [0.1, 0.15) is 16.8 Å². The van der Waals surface area contributed by atoms with E-state index in [9.17, 15) is 8.42 Å². The second kappa shape index (κ2) is 4.92. The summed E-state index contributed by atoms with van der Waals surface area (Å²) in [4.78, 5) is 0.0101. The van der Waals surface area contributed by atoms with Gasteiger partial charge in [-0.25, -0.2) is 13.1 Å². The summed E-state index contributed by atoms with van der Waals surface area (Å²) < 4.78 is 37.9. The lowest BCUT2D eigenvalue weighted by Gasteiger charge is -2.10. The molecule has 3 rings (SSSR count). The van der Waals surface area contributed by atoms with E-state index in [4.69, 9.17) is 20.9 Å². The molecule has 0 spiro atoms. The predicted octanol–water partition coefficient (Wildman–Crippen LogP) is 2.68. The van der Waals surface area contributed by atoms with Crippen LogP contribution in [0, 0.1) is 13.8 Å². The number of aryl methyl sites for hydroxylation is 1. The number of hydrogen-bond acceptors (Lipinski definition) is 5. The van der Waals surface area contributed by atoms with Crippen molar-refractivity contribution in [2.45, 2.75) is 25.2 Å². The van der Waals surface area contributed by atoms with Crippen LogP contribution in [-0.2, 0) is 16.4 Å². The van der Waals surface area contributed by atoms with Gasteiger partial charge >= 0.3 is 0 Å². The van der Waals surface area contributed by atoms with Crippen LogP contribution in [-0.4, -0.2) is 20.2 Å². The van der Waals surface area contributed by atoms with Crippen molar-refractivity contribution in [1.82, 2.24) is 5.16 Å². The quantitative estimate of drug-likeness (QED) is 0.936. The van der Waals surface area contributed by atoms with Gasteiger partial charge in [-0.2, -0.15) is 0 Å². The van der Waals surface area contributed by atoms with E-state index < -0.39 is 10.0 Å². The highest BCUT2D eigenvalue weighted by molar-refractivity contribution is 7.92. The Morgan fingerprint density at radius 1 is 1.33 bits per heavy atom. The van der Waals surface area contributed by atoms with Crippen LogP contribution in [0.25, 0.3) is 0 Å². The first-order valence-corrected chi connectivity index (χ1v) is 8.15. The minimum atomic E-state index is -3.86. The zero-order chi connectivity index (χ0) is 15.2. The summed E-state index contributed by atoms with van der Waals surface area (Å²) in [6.45, 7) is 3.90. The molecule has 1 aliphatic heterocycles. The second-order valence-corrected chi connectivity index (χ2v) is 6.91. The Morgan fingerprint density at radius 2 is 2.10 bits per heavy atom. The van der Waals surface area contributed by atoms with E-state index in [1.807, 2.05) is 0 Å². The van der Waals surface area contributed by atoms with Crippen molar-refractivity contribution < 1.29 is 17.7 Å². The molecule has 1 N–H and O–H groups in total. The van der Waals surface area contributed by atoms with Gasteiger partial charge in [0, 0.05) is 22.6 Å². The van der Waals surface area contributed by atoms with Crippen molar-refractivity contribution in [3.05, 3.63) is 34.0 Å². The van der Waals surface area contributed by atoms with Gasteiger partial charge in [-0.15, -0.1) is 0 Å². The van der Waals surface area contributed by atoms with E-state index in [-0.39, 0.29) is 10.8 Å². The molecule has 0 atom stereocenters. The maximum Gasteiger partial charge on any atom is 0.268 e. The minimum absolute atomic E-state index is 0.0101. The molecule has 0 fully saturated rings. The Bertz CT molecular complexity index is 814. The molecule has 8 heteroatoms. The van der Waals surface area contributed by atoms with E-state index in [1.54, 1.807) is 19.9 Å². The number of aromatic nitrogens is 1. The summed E-state index contributed by atoms with van der Waals surface area (Å²) in [6, 6.07) is 3.08. The number of sulfonamides is 1. The standard InChI is InChI=1S/C13H13ClN2O4S/c1-7-8(2)15-20-13(7)16-21(17,18)11-6-10(14)5-9-3-4-19-12(9)11/h5-6,16H,3-4H2,1-2H3. The second-order valence-electron chi connectivity index (χ2n) is 4.82.